The molecule has 1 radical (unpaired) electrons. The molecule has 2 saturated heterocycles. The van der Waals surface area contributed by atoms with Crippen molar-refractivity contribution in [1.29, 1.82) is 0 Å². The van der Waals surface area contributed by atoms with E-state index in [4.69, 9.17) is 5.73 Å². The van der Waals surface area contributed by atoms with Crippen molar-refractivity contribution in [3.05, 3.63) is 114 Å². The zero-order valence-electron chi connectivity index (χ0n) is 19.8. The van der Waals surface area contributed by atoms with E-state index in [1.165, 1.54) is 11.1 Å². The average Bonchev–Trinajstić information content (AvgIpc) is 2.91. The third-order valence-electron chi connectivity index (χ3n) is 7.37. The maximum Gasteiger partial charge on any atom is 0.0954 e. The van der Waals surface area contributed by atoms with Crippen molar-refractivity contribution in [2.24, 2.45) is 5.73 Å². The van der Waals surface area contributed by atoms with Crippen molar-refractivity contribution in [2.75, 3.05) is 39.3 Å². The maximum absolute atomic E-state index is 11.2. The maximum atomic E-state index is 11.2. The van der Waals surface area contributed by atoms with Crippen molar-refractivity contribution in [1.82, 2.24) is 14.9 Å². The van der Waals surface area contributed by atoms with E-state index in [-0.39, 0.29) is 6.04 Å². The second kappa shape index (κ2) is 10.4. The Morgan fingerprint density at radius 3 is 1.82 bits per heavy atom. The van der Waals surface area contributed by atoms with E-state index in [1.54, 1.807) is 0 Å². The summed E-state index contributed by atoms with van der Waals surface area (Å²) in [4.78, 5) is 2.60. The number of benzene rings is 3. The van der Waals surface area contributed by atoms with Gasteiger partial charge in [0.25, 0.3) is 0 Å². The van der Waals surface area contributed by atoms with Crippen LogP contribution in [0.2, 0.25) is 0 Å². The Balaban J connectivity index is 1.21. The molecule has 2 aliphatic rings. The van der Waals surface area contributed by atoms with Crippen LogP contribution in [-0.2, 0) is 12.1 Å². The SMILES string of the molecule is NCc1ccc(C2(O)[CH]CN(N3CCN(C(c4ccccc4)c4ccccc4)CC3)CC2)cc1. The van der Waals surface area contributed by atoms with E-state index < -0.39 is 5.60 Å². The van der Waals surface area contributed by atoms with Crippen LogP contribution >= 0.6 is 0 Å². The lowest BCUT2D eigenvalue weighted by atomic mass is 9.84. The van der Waals surface area contributed by atoms with E-state index in [2.05, 4.69) is 82.0 Å². The molecule has 0 aromatic heterocycles. The lowest BCUT2D eigenvalue weighted by Gasteiger charge is -2.47. The Kier molecular flexibility index (Phi) is 7.09. The molecule has 0 amide bonds. The van der Waals surface area contributed by atoms with Gasteiger partial charge in [0, 0.05) is 52.2 Å². The van der Waals surface area contributed by atoms with E-state index in [0.717, 1.165) is 50.4 Å². The Hall–Kier alpha value is -2.54. The molecule has 1 unspecified atom stereocenters. The Bertz CT molecular complexity index is 985. The summed E-state index contributed by atoms with van der Waals surface area (Å²) in [5.41, 5.74) is 9.60. The monoisotopic (exact) mass is 455 g/mol. The van der Waals surface area contributed by atoms with Crippen molar-refractivity contribution < 1.29 is 5.11 Å². The number of hydrazine groups is 1. The molecular weight excluding hydrogens is 420 g/mol. The first-order valence-corrected chi connectivity index (χ1v) is 12.4. The van der Waals surface area contributed by atoms with E-state index in [1.807, 2.05) is 24.3 Å². The minimum Gasteiger partial charge on any atom is -0.385 e. The van der Waals surface area contributed by atoms with Gasteiger partial charge in [-0.2, -0.15) is 0 Å². The fourth-order valence-corrected chi connectivity index (χ4v) is 5.33. The molecule has 3 aromatic rings. The van der Waals surface area contributed by atoms with Gasteiger partial charge in [-0.25, -0.2) is 10.0 Å². The minimum atomic E-state index is -0.864. The van der Waals surface area contributed by atoms with Gasteiger partial charge in [0.05, 0.1) is 11.6 Å². The predicted molar refractivity (Wildman–Crippen MR) is 137 cm³/mol. The van der Waals surface area contributed by atoms with Gasteiger partial charge >= 0.3 is 0 Å². The first kappa shape index (κ1) is 23.2. The molecule has 1 atom stereocenters. The normalized spacial score (nSPS) is 20.0. The van der Waals surface area contributed by atoms with Crippen LogP contribution in [0.3, 0.4) is 0 Å². The first-order valence-electron chi connectivity index (χ1n) is 12.4. The van der Waals surface area contributed by atoms with Crippen LogP contribution in [0.5, 0.6) is 0 Å². The summed E-state index contributed by atoms with van der Waals surface area (Å²) in [6, 6.07) is 30.0. The summed E-state index contributed by atoms with van der Waals surface area (Å²) in [7, 11) is 0. The lowest BCUT2D eigenvalue weighted by Crippen LogP contribution is -2.57. The van der Waals surface area contributed by atoms with E-state index >= 15 is 0 Å². The molecule has 177 valence electrons. The quantitative estimate of drug-likeness (QED) is 0.595. The largest absolute Gasteiger partial charge is 0.385 e. The van der Waals surface area contributed by atoms with E-state index in [0.29, 0.717) is 13.0 Å². The zero-order chi connectivity index (χ0) is 23.4. The molecule has 3 aromatic carbocycles. The van der Waals surface area contributed by atoms with Gasteiger partial charge in [0.15, 0.2) is 0 Å². The number of piperidine rings is 1. The molecule has 5 rings (SSSR count). The van der Waals surface area contributed by atoms with Gasteiger partial charge < -0.3 is 10.8 Å². The third-order valence-corrected chi connectivity index (χ3v) is 7.37. The van der Waals surface area contributed by atoms with Crippen molar-refractivity contribution >= 4 is 0 Å². The molecule has 0 saturated carbocycles. The second-order valence-electron chi connectivity index (χ2n) is 9.41. The molecule has 2 heterocycles. The van der Waals surface area contributed by atoms with Crippen LogP contribution in [0.25, 0.3) is 0 Å². The fourth-order valence-electron chi connectivity index (χ4n) is 5.33. The number of rotatable bonds is 6. The Morgan fingerprint density at radius 2 is 1.32 bits per heavy atom. The highest BCUT2D eigenvalue weighted by atomic mass is 16.3. The van der Waals surface area contributed by atoms with Crippen LogP contribution in [0, 0.1) is 6.42 Å². The summed E-state index contributed by atoms with van der Waals surface area (Å²) < 4.78 is 0. The van der Waals surface area contributed by atoms with Gasteiger partial charge in [-0.05, 0) is 28.7 Å². The summed E-state index contributed by atoms with van der Waals surface area (Å²) in [6.07, 6.45) is 2.77. The van der Waals surface area contributed by atoms with Gasteiger partial charge in [-0.3, -0.25) is 4.90 Å². The highest BCUT2D eigenvalue weighted by Gasteiger charge is 2.37. The number of piperazine rings is 1. The zero-order valence-corrected chi connectivity index (χ0v) is 19.8. The average molecular weight is 456 g/mol. The summed E-state index contributed by atoms with van der Waals surface area (Å²) in [6.45, 7) is 6.15. The first-order chi connectivity index (χ1) is 16.7. The Morgan fingerprint density at radius 1 is 0.735 bits per heavy atom. The summed E-state index contributed by atoms with van der Waals surface area (Å²) in [5, 5.41) is 16.1. The Labute approximate surface area is 203 Å². The second-order valence-corrected chi connectivity index (χ2v) is 9.41. The van der Waals surface area contributed by atoms with Crippen molar-refractivity contribution in [3.63, 3.8) is 0 Å². The standard InChI is InChI=1S/C29H35N4O/c30-23-24-11-13-27(14-12-24)29(34)15-17-32(18-16-29)33-21-19-31(20-22-33)28(25-7-3-1-4-8-25)26-9-5-2-6-10-26/h1-15,28,34H,16-23,30H2. The molecule has 5 nitrogen and oxygen atoms in total. The minimum absolute atomic E-state index is 0.277. The molecular formula is C29H35N4O. The number of aliphatic hydroxyl groups is 1. The molecule has 2 aliphatic heterocycles. The number of nitrogens with zero attached hydrogens (tertiary/aromatic N) is 3. The van der Waals surface area contributed by atoms with Gasteiger partial charge in [0.1, 0.15) is 0 Å². The smallest absolute Gasteiger partial charge is 0.0954 e. The number of nitrogens with two attached hydrogens (primary N) is 1. The predicted octanol–water partition coefficient (Wildman–Crippen LogP) is 3.57. The third kappa shape index (κ3) is 4.95. The molecule has 2 fully saturated rings. The summed E-state index contributed by atoms with van der Waals surface area (Å²) in [5.74, 6) is 0. The molecule has 34 heavy (non-hydrogen) atoms. The molecule has 5 heteroatoms. The van der Waals surface area contributed by atoms with Crippen LogP contribution in [-0.4, -0.2) is 59.3 Å². The number of hydrogen-bond acceptors (Lipinski definition) is 5. The van der Waals surface area contributed by atoms with Gasteiger partial charge in [-0.1, -0.05) is 84.9 Å². The van der Waals surface area contributed by atoms with Crippen LogP contribution in [0.1, 0.15) is 34.7 Å². The van der Waals surface area contributed by atoms with Crippen LogP contribution in [0.4, 0.5) is 0 Å². The van der Waals surface area contributed by atoms with Crippen LogP contribution in [0.15, 0.2) is 84.9 Å². The molecule has 0 spiro atoms. The van der Waals surface area contributed by atoms with Crippen molar-refractivity contribution in [3.8, 4) is 0 Å². The van der Waals surface area contributed by atoms with Gasteiger partial charge in [0.2, 0.25) is 0 Å². The highest BCUT2D eigenvalue weighted by Crippen LogP contribution is 2.34. The fraction of sp³-hybridized carbons (Fsp3) is 0.345. The van der Waals surface area contributed by atoms with Crippen molar-refractivity contribution in [2.45, 2.75) is 24.6 Å². The highest BCUT2D eigenvalue weighted by molar-refractivity contribution is 5.32. The van der Waals surface area contributed by atoms with E-state index in [9.17, 15) is 5.11 Å². The lowest BCUT2D eigenvalue weighted by molar-refractivity contribution is -0.0955. The molecule has 3 N–H and O–H groups in total. The van der Waals surface area contributed by atoms with Gasteiger partial charge in [-0.15, -0.1) is 0 Å². The molecule has 0 bridgehead atoms. The summed E-state index contributed by atoms with van der Waals surface area (Å²) >= 11 is 0. The topological polar surface area (TPSA) is 56.0 Å². The molecule has 0 aliphatic carbocycles. The van der Waals surface area contributed by atoms with Crippen LogP contribution < -0.4 is 5.73 Å². The number of hydrogen-bond donors (Lipinski definition) is 2.